The van der Waals surface area contributed by atoms with Gasteiger partial charge in [-0.15, -0.1) is 0 Å². The number of halogens is 1. The van der Waals surface area contributed by atoms with Crippen molar-refractivity contribution in [1.82, 2.24) is 10.3 Å². The molecule has 0 radical (unpaired) electrons. The van der Waals surface area contributed by atoms with Crippen LogP contribution in [0, 0.1) is 5.82 Å². The van der Waals surface area contributed by atoms with Gasteiger partial charge in [0.2, 0.25) is 0 Å². The zero-order valence-corrected chi connectivity index (χ0v) is 6.76. The lowest BCUT2D eigenvalue weighted by atomic mass is 10.0. The molecule has 0 aliphatic carbocycles. The molecule has 1 N–H and O–H groups in total. The Balaban J connectivity index is 2.26. The number of hydrogen-bond donors (Lipinski definition) is 1. The highest BCUT2D eigenvalue weighted by Gasteiger charge is 2.20. The number of pyridine rings is 1. The van der Waals surface area contributed by atoms with Crippen molar-refractivity contribution in [1.29, 1.82) is 0 Å². The fourth-order valence-corrected chi connectivity index (χ4v) is 1.59. The highest BCUT2D eigenvalue weighted by atomic mass is 19.1. The van der Waals surface area contributed by atoms with Crippen molar-refractivity contribution >= 4 is 0 Å². The summed E-state index contributed by atoms with van der Waals surface area (Å²) in [6.45, 7) is 1.83. The van der Waals surface area contributed by atoms with Crippen LogP contribution in [0.5, 0.6) is 0 Å². The topological polar surface area (TPSA) is 24.9 Å². The van der Waals surface area contributed by atoms with Gasteiger partial charge < -0.3 is 5.32 Å². The van der Waals surface area contributed by atoms with Crippen LogP contribution in [0.4, 0.5) is 4.39 Å². The summed E-state index contributed by atoms with van der Waals surface area (Å²) in [5.41, 5.74) is 0.613. The van der Waals surface area contributed by atoms with E-state index >= 15 is 0 Å². The molecule has 1 aromatic rings. The third-order valence-corrected chi connectivity index (χ3v) is 2.23. The molecule has 1 aliphatic heterocycles. The van der Waals surface area contributed by atoms with Gasteiger partial charge in [-0.2, -0.15) is 0 Å². The lowest BCUT2D eigenvalue weighted by molar-refractivity contribution is 0.573. The lowest BCUT2D eigenvalue weighted by Crippen LogP contribution is -2.09. The zero-order valence-electron chi connectivity index (χ0n) is 6.76. The standard InChI is InChI=1S/C9H11FN2/c10-8-2-1-4-12-9(8)7-3-5-11-6-7/h1-2,4,7,11H,3,5-6H2/t7-/m1/s1. The molecular weight excluding hydrogens is 155 g/mol. The second-order valence-electron chi connectivity index (χ2n) is 3.06. The number of nitrogens with zero attached hydrogens (tertiary/aromatic N) is 1. The fraction of sp³-hybridized carbons (Fsp3) is 0.444. The van der Waals surface area contributed by atoms with Gasteiger partial charge in [0, 0.05) is 18.7 Å². The van der Waals surface area contributed by atoms with E-state index in [4.69, 9.17) is 0 Å². The Hall–Kier alpha value is -0.960. The van der Waals surface area contributed by atoms with Gasteiger partial charge >= 0.3 is 0 Å². The van der Waals surface area contributed by atoms with Gasteiger partial charge in [0.15, 0.2) is 0 Å². The molecule has 0 saturated carbocycles. The molecule has 1 saturated heterocycles. The minimum Gasteiger partial charge on any atom is -0.316 e. The molecule has 2 rings (SSSR count). The van der Waals surface area contributed by atoms with E-state index in [0.29, 0.717) is 5.69 Å². The highest BCUT2D eigenvalue weighted by Crippen LogP contribution is 2.21. The molecule has 0 aromatic carbocycles. The zero-order chi connectivity index (χ0) is 8.39. The van der Waals surface area contributed by atoms with E-state index in [1.54, 1.807) is 12.3 Å². The molecule has 1 fully saturated rings. The Kier molecular flexibility index (Phi) is 2.04. The summed E-state index contributed by atoms with van der Waals surface area (Å²) < 4.78 is 13.2. The molecule has 1 aromatic heterocycles. The first-order chi connectivity index (χ1) is 5.88. The van der Waals surface area contributed by atoms with Crippen molar-refractivity contribution in [3.05, 3.63) is 29.8 Å². The van der Waals surface area contributed by atoms with Crippen LogP contribution in [-0.2, 0) is 0 Å². The van der Waals surface area contributed by atoms with Crippen LogP contribution in [0.3, 0.4) is 0 Å². The highest BCUT2D eigenvalue weighted by molar-refractivity contribution is 5.14. The summed E-state index contributed by atoms with van der Waals surface area (Å²) in [5, 5.41) is 3.19. The van der Waals surface area contributed by atoms with Crippen molar-refractivity contribution < 1.29 is 4.39 Å². The Morgan fingerprint density at radius 2 is 2.50 bits per heavy atom. The summed E-state index contributed by atoms with van der Waals surface area (Å²) >= 11 is 0. The van der Waals surface area contributed by atoms with Crippen LogP contribution < -0.4 is 5.32 Å². The van der Waals surface area contributed by atoms with E-state index in [9.17, 15) is 4.39 Å². The van der Waals surface area contributed by atoms with Crippen LogP contribution in [-0.4, -0.2) is 18.1 Å². The maximum absolute atomic E-state index is 13.2. The number of nitrogens with one attached hydrogen (secondary N) is 1. The first-order valence-corrected chi connectivity index (χ1v) is 4.19. The number of aromatic nitrogens is 1. The second-order valence-corrected chi connectivity index (χ2v) is 3.06. The predicted octanol–water partition coefficient (Wildman–Crippen LogP) is 1.30. The summed E-state index contributed by atoms with van der Waals surface area (Å²) in [7, 11) is 0. The molecule has 0 bridgehead atoms. The summed E-state index contributed by atoms with van der Waals surface area (Å²) in [6.07, 6.45) is 2.64. The van der Waals surface area contributed by atoms with E-state index in [1.807, 2.05) is 0 Å². The van der Waals surface area contributed by atoms with Gasteiger partial charge in [0.1, 0.15) is 5.82 Å². The Morgan fingerprint density at radius 1 is 1.58 bits per heavy atom. The first-order valence-electron chi connectivity index (χ1n) is 4.19. The SMILES string of the molecule is Fc1cccnc1[C@@H]1CCNC1. The summed E-state index contributed by atoms with van der Waals surface area (Å²) in [4.78, 5) is 4.05. The van der Waals surface area contributed by atoms with Gasteiger partial charge in [-0.1, -0.05) is 0 Å². The Morgan fingerprint density at radius 3 is 3.17 bits per heavy atom. The summed E-state index contributed by atoms with van der Waals surface area (Å²) in [6, 6.07) is 3.10. The minimum atomic E-state index is -0.175. The van der Waals surface area contributed by atoms with Gasteiger partial charge in [0.05, 0.1) is 5.69 Å². The predicted molar refractivity (Wildman–Crippen MR) is 44.4 cm³/mol. The van der Waals surface area contributed by atoms with E-state index < -0.39 is 0 Å². The van der Waals surface area contributed by atoms with Crippen molar-refractivity contribution in [3.63, 3.8) is 0 Å². The number of rotatable bonds is 1. The van der Waals surface area contributed by atoms with Gasteiger partial charge in [-0.3, -0.25) is 4.98 Å². The molecule has 0 spiro atoms. The normalized spacial score (nSPS) is 22.9. The maximum atomic E-state index is 13.2. The van der Waals surface area contributed by atoms with Crippen LogP contribution in [0.15, 0.2) is 18.3 Å². The minimum absolute atomic E-state index is 0.175. The van der Waals surface area contributed by atoms with E-state index in [1.165, 1.54) is 6.07 Å². The molecule has 2 nitrogen and oxygen atoms in total. The van der Waals surface area contributed by atoms with Crippen molar-refractivity contribution in [2.45, 2.75) is 12.3 Å². The maximum Gasteiger partial charge on any atom is 0.145 e. The smallest absolute Gasteiger partial charge is 0.145 e. The molecule has 1 atom stereocenters. The average molecular weight is 166 g/mol. The van der Waals surface area contributed by atoms with Crippen LogP contribution in [0.25, 0.3) is 0 Å². The van der Waals surface area contributed by atoms with E-state index in [2.05, 4.69) is 10.3 Å². The molecule has 3 heteroatoms. The molecular formula is C9H11FN2. The van der Waals surface area contributed by atoms with Crippen LogP contribution >= 0.6 is 0 Å². The van der Waals surface area contributed by atoms with Crippen molar-refractivity contribution in [3.8, 4) is 0 Å². The lowest BCUT2D eigenvalue weighted by Gasteiger charge is -2.07. The number of hydrogen-bond acceptors (Lipinski definition) is 2. The summed E-state index contributed by atoms with van der Waals surface area (Å²) in [5.74, 6) is 0.0948. The van der Waals surface area contributed by atoms with Crippen LogP contribution in [0.2, 0.25) is 0 Å². The van der Waals surface area contributed by atoms with Gasteiger partial charge in [-0.05, 0) is 25.1 Å². The third kappa shape index (κ3) is 1.32. The quantitative estimate of drug-likeness (QED) is 0.680. The van der Waals surface area contributed by atoms with Crippen molar-refractivity contribution in [2.75, 3.05) is 13.1 Å². The van der Waals surface area contributed by atoms with E-state index in [-0.39, 0.29) is 11.7 Å². The Labute approximate surface area is 70.8 Å². The average Bonchev–Trinajstić information content (AvgIpc) is 2.57. The second kappa shape index (κ2) is 3.19. The molecule has 64 valence electrons. The largest absolute Gasteiger partial charge is 0.316 e. The van der Waals surface area contributed by atoms with Gasteiger partial charge in [0.25, 0.3) is 0 Å². The molecule has 0 amide bonds. The Bertz CT molecular complexity index is 269. The molecule has 12 heavy (non-hydrogen) atoms. The van der Waals surface area contributed by atoms with Crippen LogP contribution in [0.1, 0.15) is 18.0 Å². The monoisotopic (exact) mass is 166 g/mol. The molecule has 0 unspecified atom stereocenters. The third-order valence-electron chi connectivity index (χ3n) is 2.23. The molecule has 2 heterocycles. The first kappa shape index (κ1) is 7.68. The molecule has 1 aliphatic rings. The van der Waals surface area contributed by atoms with Gasteiger partial charge in [-0.25, -0.2) is 4.39 Å². The van der Waals surface area contributed by atoms with Crippen molar-refractivity contribution in [2.24, 2.45) is 0 Å². The fourth-order valence-electron chi connectivity index (χ4n) is 1.59. The van der Waals surface area contributed by atoms with E-state index in [0.717, 1.165) is 19.5 Å².